The standard InChI is InChI=1S/C18H18Cl2N2O4S/c1-11(13-5-4-12(19)9-14(13)20)22-16(23)10-26-17(24)6-7-21-18(25)15-3-2-8-27-15/h2-5,8-9,11H,6-7,10H2,1H3,(H,21,25)(H,22,23). The predicted octanol–water partition coefficient (Wildman–Crippen LogP) is 3.60. The molecule has 2 N–H and O–H groups in total. The molecule has 144 valence electrons. The first kappa shape index (κ1) is 21.2. The lowest BCUT2D eigenvalue weighted by Gasteiger charge is -2.16. The minimum atomic E-state index is -0.575. The second kappa shape index (κ2) is 10.3. The van der Waals surface area contributed by atoms with E-state index in [0.717, 1.165) is 0 Å². The quantitative estimate of drug-likeness (QED) is 0.629. The average Bonchev–Trinajstić information content (AvgIpc) is 3.14. The molecule has 0 saturated heterocycles. The van der Waals surface area contributed by atoms with Crippen LogP contribution in [-0.2, 0) is 14.3 Å². The van der Waals surface area contributed by atoms with Crippen molar-refractivity contribution in [3.63, 3.8) is 0 Å². The number of hydrogen-bond acceptors (Lipinski definition) is 5. The van der Waals surface area contributed by atoms with Gasteiger partial charge in [0.05, 0.1) is 17.3 Å². The molecule has 0 fully saturated rings. The zero-order valence-electron chi connectivity index (χ0n) is 14.5. The van der Waals surface area contributed by atoms with Crippen molar-refractivity contribution >= 4 is 52.3 Å². The lowest BCUT2D eigenvalue weighted by Crippen LogP contribution is -2.32. The third-order valence-electron chi connectivity index (χ3n) is 3.53. The van der Waals surface area contributed by atoms with E-state index in [4.69, 9.17) is 27.9 Å². The van der Waals surface area contributed by atoms with Gasteiger partial charge in [0.15, 0.2) is 6.61 Å². The van der Waals surface area contributed by atoms with Crippen LogP contribution >= 0.6 is 34.5 Å². The lowest BCUT2D eigenvalue weighted by molar-refractivity contribution is -0.148. The number of benzene rings is 1. The van der Waals surface area contributed by atoms with Gasteiger partial charge in [-0.1, -0.05) is 35.3 Å². The van der Waals surface area contributed by atoms with Gasteiger partial charge in [0.25, 0.3) is 11.8 Å². The lowest BCUT2D eigenvalue weighted by atomic mass is 10.1. The van der Waals surface area contributed by atoms with Crippen LogP contribution in [0.5, 0.6) is 0 Å². The van der Waals surface area contributed by atoms with E-state index >= 15 is 0 Å². The molecular formula is C18H18Cl2N2O4S. The molecule has 0 aliphatic rings. The van der Waals surface area contributed by atoms with Crippen LogP contribution in [0, 0.1) is 0 Å². The highest BCUT2D eigenvalue weighted by molar-refractivity contribution is 7.12. The number of rotatable bonds is 8. The SMILES string of the molecule is CC(NC(=O)COC(=O)CCNC(=O)c1cccs1)c1ccc(Cl)cc1Cl. The van der Waals surface area contributed by atoms with Crippen LogP contribution in [0.4, 0.5) is 0 Å². The summed E-state index contributed by atoms with van der Waals surface area (Å²) < 4.78 is 4.91. The number of carbonyl (C=O) groups excluding carboxylic acids is 3. The zero-order chi connectivity index (χ0) is 19.8. The number of amides is 2. The highest BCUT2D eigenvalue weighted by Gasteiger charge is 2.15. The summed E-state index contributed by atoms with van der Waals surface area (Å²) in [6, 6.07) is 8.08. The number of carbonyl (C=O) groups is 3. The Morgan fingerprint density at radius 1 is 1.22 bits per heavy atom. The Morgan fingerprint density at radius 2 is 2.00 bits per heavy atom. The van der Waals surface area contributed by atoms with Crippen LogP contribution in [0.15, 0.2) is 35.7 Å². The van der Waals surface area contributed by atoms with Crippen molar-refractivity contribution in [3.8, 4) is 0 Å². The molecule has 0 saturated carbocycles. The Kier molecular flexibility index (Phi) is 8.09. The minimum absolute atomic E-state index is 0.0248. The Hall–Kier alpha value is -2.09. The number of nitrogens with one attached hydrogen (secondary N) is 2. The maximum absolute atomic E-state index is 11.9. The largest absolute Gasteiger partial charge is 0.456 e. The van der Waals surface area contributed by atoms with Crippen LogP contribution in [-0.4, -0.2) is 30.9 Å². The second-order valence-electron chi connectivity index (χ2n) is 5.60. The van der Waals surface area contributed by atoms with Crippen LogP contribution in [0.3, 0.4) is 0 Å². The molecule has 2 aromatic rings. The summed E-state index contributed by atoms with van der Waals surface area (Å²) in [6.45, 7) is 1.48. The molecule has 0 bridgehead atoms. The molecule has 6 nitrogen and oxygen atoms in total. The Bertz CT molecular complexity index is 812. The average molecular weight is 429 g/mol. The van der Waals surface area contributed by atoms with Gasteiger partial charge in [0.2, 0.25) is 0 Å². The molecule has 2 rings (SSSR count). The summed E-state index contributed by atoms with van der Waals surface area (Å²) in [7, 11) is 0. The molecule has 9 heteroatoms. The highest BCUT2D eigenvalue weighted by Crippen LogP contribution is 2.25. The topological polar surface area (TPSA) is 84.5 Å². The molecule has 0 spiro atoms. The van der Waals surface area contributed by atoms with Crippen LogP contribution in [0.25, 0.3) is 0 Å². The number of esters is 1. The van der Waals surface area contributed by atoms with Gasteiger partial charge in [-0.2, -0.15) is 0 Å². The molecular weight excluding hydrogens is 411 g/mol. The smallest absolute Gasteiger partial charge is 0.308 e. The van der Waals surface area contributed by atoms with Gasteiger partial charge in [-0.3, -0.25) is 14.4 Å². The van der Waals surface area contributed by atoms with E-state index in [1.54, 1.807) is 42.6 Å². The van der Waals surface area contributed by atoms with Crippen molar-refractivity contribution in [2.24, 2.45) is 0 Å². The van der Waals surface area contributed by atoms with Crippen molar-refractivity contribution in [2.45, 2.75) is 19.4 Å². The number of thiophene rings is 1. The maximum atomic E-state index is 11.9. The summed E-state index contributed by atoms with van der Waals surface area (Å²) in [6.07, 6.45) is -0.0248. The number of halogens is 2. The van der Waals surface area contributed by atoms with E-state index in [0.29, 0.717) is 20.5 Å². The molecule has 0 radical (unpaired) electrons. The van der Waals surface area contributed by atoms with Gasteiger partial charge in [-0.05, 0) is 36.1 Å². The molecule has 1 aromatic carbocycles. The van der Waals surface area contributed by atoms with Crippen molar-refractivity contribution in [1.29, 1.82) is 0 Å². The third kappa shape index (κ3) is 6.86. The second-order valence-corrected chi connectivity index (χ2v) is 7.39. The highest BCUT2D eigenvalue weighted by atomic mass is 35.5. The fourth-order valence-electron chi connectivity index (χ4n) is 2.20. The Morgan fingerprint density at radius 3 is 2.67 bits per heavy atom. The molecule has 1 atom stereocenters. The fourth-order valence-corrected chi connectivity index (χ4v) is 3.42. The van der Waals surface area contributed by atoms with Crippen molar-refractivity contribution in [1.82, 2.24) is 10.6 Å². The zero-order valence-corrected chi connectivity index (χ0v) is 16.8. The van der Waals surface area contributed by atoms with E-state index < -0.39 is 18.5 Å². The number of hydrogen-bond donors (Lipinski definition) is 2. The monoisotopic (exact) mass is 428 g/mol. The first-order valence-electron chi connectivity index (χ1n) is 8.08. The normalized spacial score (nSPS) is 11.5. The molecule has 0 aliphatic carbocycles. The van der Waals surface area contributed by atoms with Gasteiger partial charge in [-0.25, -0.2) is 0 Å². The predicted molar refractivity (Wildman–Crippen MR) is 105 cm³/mol. The first-order valence-corrected chi connectivity index (χ1v) is 9.72. The van der Waals surface area contributed by atoms with Crippen LogP contribution < -0.4 is 10.6 Å². The van der Waals surface area contributed by atoms with Crippen LogP contribution in [0.1, 0.15) is 34.6 Å². The molecule has 1 aromatic heterocycles. The van der Waals surface area contributed by atoms with Gasteiger partial charge < -0.3 is 15.4 Å². The molecule has 1 unspecified atom stereocenters. The van der Waals surface area contributed by atoms with Gasteiger partial charge in [0.1, 0.15) is 0 Å². The van der Waals surface area contributed by atoms with E-state index in [9.17, 15) is 14.4 Å². The molecule has 1 heterocycles. The van der Waals surface area contributed by atoms with Crippen molar-refractivity contribution in [2.75, 3.05) is 13.2 Å². The summed E-state index contributed by atoms with van der Waals surface area (Å²) in [5.41, 5.74) is 0.706. The first-order chi connectivity index (χ1) is 12.9. The van der Waals surface area contributed by atoms with Gasteiger partial charge in [-0.15, -0.1) is 11.3 Å². The van der Waals surface area contributed by atoms with E-state index in [2.05, 4.69) is 10.6 Å². The Balaban J connectivity index is 1.68. The summed E-state index contributed by atoms with van der Waals surface area (Å²) in [4.78, 5) is 35.9. The summed E-state index contributed by atoms with van der Waals surface area (Å²) in [5.74, 6) is -1.28. The van der Waals surface area contributed by atoms with E-state index in [-0.39, 0.29) is 24.9 Å². The van der Waals surface area contributed by atoms with Crippen molar-refractivity contribution in [3.05, 3.63) is 56.2 Å². The van der Waals surface area contributed by atoms with Gasteiger partial charge in [0, 0.05) is 16.6 Å². The van der Waals surface area contributed by atoms with Gasteiger partial charge >= 0.3 is 5.97 Å². The van der Waals surface area contributed by atoms with E-state index in [1.807, 2.05) is 0 Å². The third-order valence-corrected chi connectivity index (χ3v) is 4.96. The number of ether oxygens (including phenoxy) is 1. The Labute approximate surface area is 170 Å². The molecule has 0 aliphatic heterocycles. The maximum Gasteiger partial charge on any atom is 0.308 e. The summed E-state index contributed by atoms with van der Waals surface area (Å²) in [5, 5.41) is 8.04. The van der Waals surface area contributed by atoms with Crippen molar-refractivity contribution < 1.29 is 19.1 Å². The minimum Gasteiger partial charge on any atom is -0.456 e. The van der Waals surface area contributed by atoms with E-state index in [1.165, 1.54) is 11.3 Å². The fraction of sp³-hybridized carbons (Fsp3) is 0.278. The van der Waals surface area contributed by atoms with Crippen LogP contribution in [0.2, 0.25) is 10.0 Å². The molecule has 2 amide bonds. The summed E-state index contributed by atoms with van der Waals surface area (Å²) >= 11 is 13.3. The molecule has 27 heavy (non-hydrogen) atoms.